The van der Waals surface area contributed by atoms with Gasteiger partial charge in [-0.15, -0.1) is 10.2 Å². The van der Waals surface area contributed by atoms with Gasteiger partial charge in [0.2, 0.25) is 5.91 Å². The summed E-state index contributed by atoms with van der Waals surface area (Å²) in [6.45, 7) is 3.72. The van der Waals surface area contributed by atoms with Gasteiger partial charge in [-0.2, -0.15) is 0 Å². The van der Waals surface area contributed by atoms with Crippen molar-refractivity contribution in [1.29, 1.82) is 0 Å². The quantitative estimate of drug-likeness (QED) is 0.643. The van der Waals surface area contributed by atoms with E-state index in [-0.39, 0.29) is 0 Å². The van der Waals surface area contributed by atoms with Gasteiger partial charge in [-0.3, -0.25) is 19.7 Å². The Hall–Kier alpha value is -3.20. The first-order chi connectivity index (χ1) is 13.5. The molecule has 1 atom stereocenters. The number of aromatic nitrogens is 4. The van der Waals surface area contributed by atoms with Crippen molar-refractivity contribution in [3.63, 3.8) is 0 Å². The molecule has 0 bridgehead atoms. The number of nitrogens with zero attached hydrogens (tertiary/aromatic N) is 4. The molecule has 1 aromatic carbocycles. The highest BCUT2D eigenvalue weighted by Crippen LogP contribution is 2.31. The molecule has 1 unspecified atom stereocenters. The zero-order valence-corrected chi connectivity index (χ0v) is 16.5. The summed E-state index contributed by atoms with van der Waals surface area (Å²) in [7, 11) is 1.45. The largest absolute Gasteiger partial charge is 0.341 e. The summed E-state index contributed by atoms with van der Waals surface area (Å²) in [6, 6.07) is 11.0. The van der Waals surface area contributed by atoms with Gasteiger partial charge in [0.05, 0.1) is 10.9 Å². The Morgan fingerprint density at radius 3 is 2.50 bits per heavy atom. The Labute approximate surface area is 166 Å². The summed E-state index contributed by atoms with van der Waals surface area (Å²) in [5.74, 6) is 0.243. The topological polar surface area (TPSA) is 102 Å². The highest BCUT2D eigenvalue weighted by molar-refractivity contribution is 8.00. The summed E-state index contributed by atoms with van der Waals surface area (Å²) >= 11 is 1.23. The number of rotatable bonds is 5. The smallest absolute Gasteiger partial charge is 0.321 e. The Morgan fingerprint density at radius 1 is 1.11 bits per heavy atom. The van der Waals surface area contributed by atoms with Gasteiger partial charge in [-0.1, -0.05) is 30.0 Å². The second-order valence-electron chi connectivity index (χ2n) is 5.99. The molecular formula is C19H20N6O2S. The molecule has 0 radical (unpaired) electrons. The van der Waals surface area contributed by atoms with Gasteiger partial charge in [0.15, 0.2) is 11.0 Å². The highest BCUT2D eigenvalue weighted by Gasteiger charge is 2.23. The molecule has 2 aromatic heterocycles. The van der Waals surface area contributed by atoms with E-state index in [4.69, 9.17) is 0 Å². The summed E-state index contributed by atoms with van der Waals surface area (Å²) in [4.78, 5) is 27.7. The van der Waals surface area contributed by atoms with Gasteiger partial charge in [0.25, 0.3) is 0 Å². The minimum atomic E-state index is -0.547. The fourth-order valence-electron chi connectivity index (χ4n) is 2.55. The van der Waals surface area contributed by atoms with Crippen LogP contribution in [0.1, 0.15) is 12.5 Å². The number of urea groups is 1. The fourth-order valence-corrected chi connectivity index (χ4v) is 3.41. The average molecular weight is 396 g/mol. The van der Waals surface area contributed by atoms with Crippen molar-refractivity contribution in [2.24, 2.45) is 0 Å². The van der Waals surface area contributed by atoms with Crippen LogP contribution < -0.4 is 10.6 Å². The third-order valence-corrected chi connectivity index (χ3v) is 5.09. The van der Waals surface area contributed by atoms with Crippen LogP contribution in [0.4, 0.5) is 4.79 Å². The van der Waals surface area contributed by atoms with E-state index in [2.05, 4.69) is 25.8 Å². The van der Waals surface area contributed by atoms with Crippen LogP contribution in [0.5, 0.6) is 0 Å². The van der Waals surface area contributed by atoms with Gasteiger partial charge >= 0.3 is 6.03 Å². The number of aryl methyl sites for hydroxylation is 1. The lowest BCUT2D eigenvalue weighted by molar-refractivity contribution is -0.119. The predicted molar refractivity (Wildman–Crippen MR) is 107 cm³/mol. The molecule has 0 aliphatic carbocycles. The van der Waals surface area contributed by atoms with E-state index in [1.54, 1.807) is 19.3 Å². The first kappa shape index (κ1) is 19.6. The Kier molecular flexibility index (Phi) is 6.05. The number of carbonyl (C=O) groups is 2. The molecule has 2 N–H and O–H groups in total. The van der Waals surface area contributed by atoms with Crippen molar-refractivity contribution in [3.8, 4) is 17.1 Å². The molecule has 3 aromatic rings. The maximum atomic E-state index is 12.2. The van der Waals surface area contributed by atoms with Crippen LogP contribution in [0.3, 0.4) is 0 Å². The van der Waals surface area contributed by atoms with Gasteiger partial charge in [0, 0.05) is 25.0 Å². The van der Waals surface area contributed by atoms with E-state index in [1.807, 2.05) is 47.9 Å². The number of para-hydroxylation sites is 1. The van der Waals surface area contributed by atoms with Crippen LogP contribution >= 0.6 is 11.8 Å². The second-order valence-corrected chi connectivity index (χ2v) is 7.30. The summed E-state index contributed by atoms with van der Waals surface area (Å²) in [5, 5.41) is 13.3. The van der Waals surface area contributed by atoms with Crippen molar-refractivity contribution >= 4 is 23.7 Å². The second kappa shape index (κ2) is 8.66. The van der Waals surface area contributed by atoms with Crippen LogP contribution in [-0.4, -0.2) is 44.0 Å². The molecule has 3 amide bonds. The molecular weight excluding hydrogens is 376 g/mol. The molecule has 0 saturated carbocycles. The minimum absolute atomic E-state index is 0.408. The number of pyridine rings is 1. The standard InChI is InChI=1S/C19H20N6O2S/c1-12-6-4-5-7-15(12)25-16(14-8-10-21-11-9-14)23-24-19(25)28-13(2)17(26)22-18(27)20-3/h4-11,13H,1-3H3,(H2,20,22,26,27). The number of thioether (sulfide) groups is 1. The van der Waals surface area contributed by atoms with Crippen molar-refractivity contribution in [2.75, 3.05) is 7.05 Å². The SMILES string of the molecule is CNC(=O)NC(=O)C(C)Sc1nnc(-c2ccncc2)n1-c1ccccc1C. The lowest BCUT2D eigenvalue weighted by Gasteiger charge is -2.15. The summed E-state index contributed by atoms with van der Waals surface area (Å²) in [6.07, 6.45) is 3.39. The normalized spacial score (nSPS) is 11.7. The van der Waals surface area contributed by atoms with Crippen LogP contribution in [0, 0.1) is 6.92 Å². The van der Waals surface area contributed by atoms with Crippen molar-refractivity contribution < 1.29 is 9.59 Å². The highest BCUT2D eigenvalue weighted by atomic mass is 32.2. The van der Waals surface area contributed by atoms with Crippen molar-refractivity contribution in [1.82, 2.24) is 30.4 Å². The van der Waals surface area contributed by atoms with Crippen molar-refractivity contribution in [2.45, 2.75) is 24.3 Å². The van der Waals surface area contributed by atoms with Crippen LogP contribution in [0.15, 0.2) is 53.9 Å². The summed E-state index contributed by atoms with van der Waals surface area (Å²) in [5.41, 5.74) is 2.82. The third-order valence-electron chi connectivity index (χ3n) is 4.04. The zero-order valence-electron chi connectivity index (χ0n) is 15.7. The zero-order chi connectivity index (χ0) is 20.1. The number of nitrogens with one attached hydrogen (secondary N) is 2. The van der Waals surface area contributed by atoms with Gasteiger partial charge in [-0.05, 0) is 37.6 Å². The van der Waals surface area contributed by atoms with Gasteiger partial charge < -0.3 is 5.32 Å². The predicted octanol–water partition coefficient (Wildman–Crippen LogP) is 2.57. The number of amides is 3. The number of carbonyl (C=O) groups excluding carboxylic acids is 2. The fraction of sp³-hybridized carbons (Fsp3) is 0.211. The number of imide groups is 1. The van der Waals surface area contributed by atoms with E-state index < -0.39 is 17.2 Å². The minimum Gasteiger partial charge on any atom is -0.341 e. The van der Waals surface area contributed by atoms with E-state index in [0.29, 0.717) is 11.0 Å². The van der Waals surface area contributed by atoms with Gasteiger partial charge in [0.1, 0.15) is 0 Å². The third kappa shape index (κ3) is 4.20. The van der Waals surface area contributed by atoms with Crippen LogP contribution in [0.25, 0.3) is 17.1 Å². The maximum Gasteiger partial charge on any atom is 0.321 e. The molecule has 2 heterocycles. The van der Waals surface area contributed by atoms with E-state index in [9.17, 15) is 9.59 Å². The first-order valence-corrected chi connectivity index (χ1v) is 9.50. The molecule has 0 saturated heterocycles. The maximum absolute atomic E-state index is 12.2. The molecule has 3 rings (SSSR count). The number of hydrogen-bond acceptors (Lipinski definition) is 6. The van der Waals surface area contributed by atoms with E-state index in [1.165, 1.54) is 18.8 Å². The van der Waals surface area contributed by atoms with Gasteiger partial charge in [-0.25, -0.2) is 4.79 Å². The Balaban J connectivity index is 2.00. The lowest BCUT2D eigenvalue weighted by Crippen LogP contribution is -2.41. The molecule has 0 spiro atoms. The molecule has 9 heteroatoms. The average Bonchev–Trinajstić information content (AvgIpc) is 3.12. The molecule has 8 nitrogen and oxygen atoms in total. The molecule has 0 aliphatic rings. The number of hydrogen-bond donors (Lipinski definition) is 2. The van der Waals surface area contributed by atoms with E-state index in [0.717, 1.165) is 16.8 Å². The molecule has 0 aliphatic heterocycles. The van der Waals surface area contributed by atoms with E-state index >= 15 is 0 Å². The monoisotopic (exact) mass is 396 g/mol. The summed E-state index contributed by atoms with van der Waals surface area (Å²) < 4.78 is 1.92. The van der Waals surface area contributed by atoms with Crippen molar-refractivity contribution in [3.05, 3.63) is 54.4 Å². The first-order valence-electron chi connectivity index (χ1n) is 8.62. The van der Waals surface area contributed by atoms with Crippen LogP contribution in [-0.2, 0) is 4.79 Å². The molecule has 28 heavy (non-hydrogen) atoms. The Morgan fingerprint density at radius 2 is 1.82 bits per heavy atom. The molecule has 0 fully saturated rings. The number of benzene rings is 1. The lowest BCUT2D eigenvalue weighted by atomic mass is 10.2. The Bertz CT molecular complexity index is 989. The van der Waals surface area contributed by atoms with Crippen LogP contribution in [0.2, 0.25) is 0 Å². The molecule has 144 valence electrons.